The summed E-state index contributed by atoms with van der Waals surface area (Å²) in [6.07, 6.45) is 3.34. The Bertz CT molecular complexity index is 627. The van der Waals surface area contributed by atoms with Crippen LogP contribution in [0.15, 0.2) is 30.6 Å². The fourth-order valence-electron chi connectivity index (χ4n) is 2.07. The number of rotatable bonds is 2. The third-order valence-electron chi connectivity index (χ3n) is 3.17. The van der Waals surface area contributed by atoms with Crippen molar-refractivity contribution in [1.29, 1.82) is 0 Å². The molecule has 0 fully saturated rings. The Balaban J connectivity index is 2.63. The minimum absolute atomic E-state index is 0.0209. The number of nitrogens with two attached hydrogens (primary N) is 1. The van der Waals surface area contributed by atoms with E-state index in [1.165, 1.54) is 12.1 Å². The predicted octanol–water partition coefficient (Wildman–Crippen LogP) is 4.06. The Morgan fingerprint density at radius 3 is 2.53 bits per heavy atom. The van der Waals surface area contributed by atoms with Crippen molar-refractivity contribution in [3.05, 3.63) is 63.1 Å². The van der Waals surface area contributed by atoms with Crippen molar-refractivity contribution in [1.82, 2.24) is 4.98 Å². The molecule has 0 aliphatic heterocycles. The van der Waals surface area contributed by atoms with Crippen molar-refractivity contribution in [2.45, 2.75) is 19.4 Å². The number of hydrogen-bond donors (Lipinski definition) is 1. The topological polar surface area (TPSA) is 38.9 Å². The molecule has 1 aromatic carbocycles. The number of benzene rings is 1. The Morgan fingerprint density at radius 2 is 1.89 bits per heavy atom. The zero-order valence-corrected chi connectivity index (χ0v) is 12.1. The molecule has 0 spiro atoms. The molecular weight excluding hydrogens is 286 g/mol. The van der Waals surface area contributed by atoms with Crippen LogP contribution < -0.4 is 5.73 Å². The smallest absolute Gasteiger partial charge is 0.142 e. The molecule has 1 unspecified atom stereocenters. The SMILES string of the molecule is Cc1ccncc1C(C)(N)c1cc(F)c(Cl)cc1Cl. The third-order valence-corrected chi connectivity index (χ3v) is 3.77. The van der Waals surface area contributed by atoms with Crippen LogP contribution in [0.1, 0.15) is 23.6 Å². The molecule has 1 aromatic heterocycles. The summed E-state index contributed by atoms with van der Waals surface area (Å²) in [7, 11) is 0. The minimum atomic E-state index is -0.944. The zero-order chi connectivity index (χ0) is 14.2. The van der Waals surface area contributed by atoms with E-state index in [1.807, 2.05) is 13.0 Å². The van der Waals surface area contributed by atoms with Gasteiger partial charge in [-0.15, -0.1) is 0 Å². The monoisotopic (exact) mass is 298 g/mol. The summed E-state index contributed by atoms with van der Waals surface area (Å²) in [6.45, 7) is 3.69. The van der Waals surface area contributed by atoms with Crippen molar-refractivity contribution in [3.8, 4) is 0 Å². The van der Waals surface area contributed by atoms with Crippen molar-refractivity contribution >= 4 is 23.2 Å². The van der Waals surface area contributed by atoms with Gasteiger partial charge in [-0.3, -0.25) is 4.98 Å². The van der Waals surface area contributed by atoms with Crippen molar-refractivity contribution in [3.63, 3.8) is 0 Å². The zero-order valence-electron chi connectivity index (χ0n) is 10.5. The van der Waals surface area contributed by atoms with Crippen molar-refractivity contribution in [2.24, 2.45) is 5.73 Å². The van der Waals surface area contributed by atoms with Gasteiger partial charge in [0.1, 0.15) is 5.82 Å². The Kier molecular flexibility index (Phi) is 3.81. The van der Waals surface area contributed by atoms with E-state index in [0.717, 1.165) is 11.1 Å². The molecule has 2 aromatic rings. The summed E-state index contributed by atoms with van der Waals surface area (Å²) in [5, 5.41) is 0.312. The second-order valence-corrected chi connectivity index (χ2v) is 5.45. The molecule has 0 saturated carbocycles. The highest BCUT2D eigenvalue weighted by atomic mass is 35.5. The maximum atomic E-state index is 13.6. The van der Waals surface area contributed by atoms with Crippen LogP contribution >= 0.6 is 23.2 Å². The number of nitrogens with zero attached hydrogens (tertiary/aromatic N) is 1. The lowest BCUT2D eigenvalue weighted by atomic mass is 9.84. The molecule has 1 heterocycles. The largest absolute Gasteiger partial charge is 0.318 e. The van der Waals surface area contributed by atoms with E-state index in [2.05, 4.69) is 4.98 Å². The van der Waals surface area contributed by atoms with Crippen LogP contribution in [0.5, 0.6) is 0 Å². The molecule has 0 radical (unpaired) electrons. The first-order valence-corrected chi connectivity index (χ1v) is 6.44. The molecule has 100 valence electrons. The summed E-state index contributed by atoms with van der Waals surface area (Å²) < 4.78 is 13.6. The van der Waals surface area contributed by atoms with Crippen molar-refractivity contribution in [2.75, 3.05) is 0 Å². The number of pyridine rings is 1. The van der Waals surface area contributed by atoms with Crippen molar-refractivity contribution < 1.29 is 4.39 Å². The molecule has 2 nitrogen and oxygen atoms in total. The first-order valence-electron chi connectivity index (χ1n) is 5.69. The molecule has 0 aliphatic rings. The van der Waals surface area contributed by atoms with Crippen LogP contribution in [0.4, 0.5) is 4.39 Å². The van der Waals surface area contributed by atoms with E-state index in [1.54, 1.807) is 19.3 Å². The lowest BCUT2D eigenvalue weighted by Crippen LogP contribution is -2.35. The highest BCUT2D eigenvalue weighted by Gasteiger charge is 2.29. The number of aryl methyl sites for hydroxylation is 1. The van der Waals surface area contributed by atoms with E-state index in [9.17, 15) is 4.39 Å². The van der Waals surface area contributed by atoms with E-state index in [-0.39, 0.29) is 5.02 Å². The van der Waals surface area contributed by atoms with Gasteiger partial charge in [-0.05, 0) is 48.7 Å². The quantitative estimate of drug-likeness (QED) is 0.849. The van der Waals surface area contributed by atoms with Crippen LogP contribution in [-0.2, 0) is 5.54 Å². The fraction of sp³-hybridized carbons (Fsp3) is 0.214. The standard InChI is InChI=1S/C14H13Cl2FN2/c1-8-3-4-19-7-10(8)14(2,18)9-5-13(17)12(16)6-11(9)15/h3-7H,18H2,1-2H3. The maximum absolute atomic E-state index is 13.6. The highest BCUT2D eigenvalue weighted by Crippen LogP contribution is 2.35. The van der Waals surface area contributed by atoms with E-state index in [4.69, 9.17) is 28.9 Å². The summed E-state index contributed by atoms with van der Waals surface area (Å²) >= 11 is 11.8. The molecule has 2 N–H and O–H groups in total. The maximum Gasteiger partial charge on any atom is 0.142 e. The van der Waals surface area contributed by atoms with Gasteiger partial charge >= 0.3 is 0 Å². The van der Waals surface area contributed by atoms with Crippen LogP contribution in [0.2, 0.25) is 10.0 Å². The van der Waals surface area contributed by atoms with Gasteiger partial charge in [-0.25, -0.2) is 4.39 Å². The fourth-order valence-corrected chi connectivity index (χ4v) is 2.65. The average molecular weight is 299 g/mol. The number of hydrogen-bond acceptors (Lipinski definition) is 2. The molecule has 5 heteroatoms. The van der Waals surface area contributed by atoms with Gasteiger partial charge in [0.2, 0.25) is 0 Å². The molecule has 1 atom stereocenters. The normalized spacial score (nSPS) is 14.2. The Morgan fingerprint density at radius 1 is 1.21 bits per heavy atom. The van der Waals surface area contributed by atoms with Gasteiger partial charge in [0.25, 0.3) is 0 Å². The van der Waals surface area contributed by atoms with Gasteiger partial charge in [-0.2, -0.15) is 0 Å². The van der Waals surface area contributed by atoms with Gasteiger partial charge in [0.05, 0.1) is 10.6 Å². The Hall–Kier alpha value is -1.16. The lowest BCUT2D eigenvalue weighted by Gasteiger charge is -2.28. The van der Waals surface area contributed by atoms with Gasteiger partial charge in [0, 0.05) is 17.4 Å². The van der Waals surface area contributed by atoms with E-state index >= 15 is 0 Å². The molecule has 0 saturated heterocycles. The first kappa shape index (κ1) is 14.3. The molecule has 2 rings (SSSR count). The molecule has 0 bridgehead atoms. The van der Waals surface area contributed by atoms with Crippen LogP contribution in [0.25, 0.3) is 0 Å². The van der Waals surface area contributed by atoms with Gasteiger partial charge in [0.15, 0.2) is 0 Å². The summed E-state index contributed by atoms with van der Waals surface area (Å²) in [5.41, 5.74) is 7.64. The van der Waals surface area contributed by atoms with E-state index in [0.29, 0.717) is 10.6 Å². The Labute approximate surface area is 121 Å². The van der Waals surface area contributed by atoms with Crippen LogP contribution in [0.3, 0.4) is 0 Å². The van der Waals surface area contributed by atoms with Crippen LogP contribution in [0, 0.1) is 12.7 Å². The predicted molar refractivity (Wildman–Crippen MR) is 76.0 cm³/mol. The number of aromatic nitrogens is 1. The average Bonchev–Trinajstić information content (AvgIpc) is 2.34. The number of halogens is 3. The minimum Gasteiger partial charge on any atom is -0.318 e. The third kappa shape index (κ3) is 2.59. The summed E-state index contributed by atoms with van der Waals surface area (Å²) in [6, 6.07) is 4.49. The lowest BCUT2D eigenvalue weighted by molar-refractivity contribution is 0.577. The van der Waals surface area contributed by atoms with Crippen LogP contribution in [-0.4, -0.2) is 4.98 Å². The van der Waals surface area contributed by atoms with Gasteiger partial charge < -0.3 is 5.73 Å². The van der Waals surface area contributed by atoms with Gasteiger partial charge in [-0.1, -0.05) is 23.2 Å². The highest BCUT2D eigenvalue weighted by molar-refractivity contribution is 6.35. The molecule has 19 heavy (non-hydrogen) atoms. The van der Waals surface area contributed by atoms with E-state index < -0.39 is 11.4 Å². The first-order chi connectivity index (χ1) is 8.84. The second kappa shape index (κ2) is 5.08. The second-order valence-electron chi connectivity index (χ2n) is 4.64. The molecular formula is C14H13Cl2FN2. The summed E-state index contributed by atoms with van der Waals surface area (Å²) in [4.78, 5) is 4.06. The summed E-state index contributed by atoms with van der Waals surface area (Å²) in [5.74, 6) is -0.542. The molecule has 0 amide bonds. The molecule has 0 aliphatic carbocycles.